The predicted octanol–water partition coefficient (Wildman–Crippen LogP) is 1.90. The lowest BCUT2D eigenvalue weighted by atomic mass is 10.1. The molecule has 0 bridgehead atoms. The molecular formula is C20H26N2O5S. The Morgan fingerprint density at radius 1 is 1.04 bits per heavy atom. The lowest BCUT2D eigenvalue weighted by Gasteiger charge is -2.11. The molecular weight excluding hydrogens is 380 g/mol. The van der Waals surface area contributed by atoms with Crippen molar-refractivity contribution >= 4 is 15.9 Å². The van der Waals surface area contributed by atoms with Crippen LogP contribution in [0.1, 0.15) is 21.5 Å². The van der Waals surface area contributed by atoms with Crippen molar-refractivity contribution in [1.29, 1.82) is 0 Å². The highest BCUT2D eigenvalue weighted by molar-refractivity contribution is 7.89. The van der Waals surface area contributed by atoms with Gasteiger partial charge in [-0.25, -0.2) is 13.1 Å². The number of ether oxygens (including phenoxy) is 2. The van der Waals surface area contributed by atoms with Crippen molar-refractivity contribution in [3.05, 3.63) is 59.2 Å². The quantitative estimate of drug-likeness (QED) is 0.588. The van der Waals surface area contributed by atoms with Gasteiger partial charge in [0.2, 0.25) is 10.0 Å². The van der Waals surface area contributed by atoms with Crippen molar-refractivity contribution in [2.75, 3.05) is 33.9 Å². The Labute approximate surface area is 166 Å². The molecule has 0 radical (unpaired) electrons. The average Bonchev–Trinajstić information content (AvgIpc) is 2.68. The molecule has 8 heteroatoms. The molecule has 2 aromatic carbocycles. The normalized spacial score (nSPS) is 11.2. The van der Waals surface area contributed by atoms with E-state index in [0.29, 0.717) is 24.1 Å². The standard InChI is InChI=1S/C20H26N2O5S/c1-15-4-9-18(28(24,25)22-12-13-26-2)14-19(15)20(23)21-11-10-16-5-7-17(27-3)8-6-16/h4-9,14,22H,10-13H2,1-3H3,(H,21,23). The lowest BCUT2D eigenvalue weighted by Crippen LogP contribution is -2.29. The van der Waals surface area contributed by atoms with Crippen LogP contribution < -0.4 is 14.8 Å². The minimum Gasteiger partial charge on any atom is -0.497 e. The molecule has 0 atom stereocenters. The molecule has 152 valence electrons. The molecule has 0 saturated heterocycles. The summed E-state index contributed by atoms with van der Waals surface area (Å²) < 4.78 is 37.1. The fraction of sp³-hybridized carbons (Fsp3) is 0.350. The topological polar surface area (TPSA) is 93.7 Å². The minimum absolute atomic E-state index is 0.0505. The Kier molecular flexibility index (Phi) is 7.98. The molecule has 0 saturated carbocycles. The predicted molar refractivity (Wildman–Crippen MR) is 107 cm³/mol. The van der Waals surface area contributed by atoms with Crippen LogP contribution in [0.3, 0.4) is 0 Å². The van der Waals surface area contributed by atoms with Crippen LogP contribution in [0.5, 0.6) is 5.75 Å². The van der Waals surface area contributed by atoms with Gasteiger partial charge in [0.05, 0.1) is 18.6 Å². The Morgan fingerprint density at radius 3 is 2.39 bits per heavy atom. The monoisotopic (exact) mass is 406 g/mol. The van der Waals surface area contributed by atoms with E-state index in [1.165, 1.54) is 19.2 Å². The Bertz CT molecular complexity index is 895. The molecule has 0 aromatic heterocycles. The maximum atomic E-state index is 12.5. The first-order chi connectivity index (χ1) is 13.4. The van der Waals surface area contributed by atoms with E-state index in [1.54, 1.807) is 20.1 Å². The third-order valence-corrected chi connectivity index (χ3v) is 5.68. The summed E-state index contributed by atoms with van der Waals surface area (Å²) in [4.78, 5) is 12.6. The maximum absolute atomic E-state index is 12.5. The van der Waals surface area contributed by atoms with E-state index in [-0.39, 0.29) is 24.0 Å². The summed E-state index contributed by atoms with van der Waals surface area (Å²) in [5, 5.41) is 2.84. The van der Waals surface area contributed by atoms with E-state index >= 15 is 0 Å². The molecule has 0 aliphatic carbocycles. The molecule has 0 aliphatic rings. The van der Waals surface area contributed by atoms with Gasteiger partial charge in [-0.15, -0.1) is 0 Å². The van der Waals surface area contributed by atoms with Crippen LogP contribution in [-0.2, 0) is 21.2 Å². The van der Waals surface area contributed by atoms with Gasteiger partial charge < -0.3 is 14.8 Å². The number of hydrogen-bond donors (Lipinski definition) is 2. The molecule has 0 fully saturated rings. The van der Waals surface area contributed by atoms with Crippen LogP contribution in [-0.4, -0.2) is 48.2 Å². The van der Waals surface area contributed by atoms with Gasteiger partial charge in [0.1, 0.15) is 5.75 Å². The molecule has 2 rings (SSSR count). The van der Waals surface area contributed by atoms with Crippen LogP contribution >= 0.6 is 0 Å². The summed E-state index contributed by atoms with van der Waals surface area (Å²) in [6.45, 7) is 2.64. The van der Waals surface area contributed by atoms with Gasteiger partial charge in [-0.3, -0.25) is 4.79 Å². The molecule has 0 spiro atoms. The first kappa shape index (κ1) is 21.9. The number of hydrogen-bond acceptors (Lipinski definition) is 5. The molecule has 2 aromatic rings. The van der Waals surface area contributed by atoms with Crippen LogP contribution in [0.2, 0.25) is 0 Å². The van der Waals surface area contributed by atoms with Gasteiger partial charge in [-0.05, 0) is 48.7 Å². The summed E-state index contributed by atoms with van der Waals surface area (Å²) >= 11 is 0. The third-order valence-electron chi connectivity index (χ3n) is 4.22. The van der Waals surface area contributed by atoms with E-state index < -0.39 is 10.0 Å². The van der Waals surface area contributed by atoms with Crippen molar-refractivity contribution in [2.24, 2.45) is 0 Å². The van der Waals surface area contributed by atoms with Gasteiger partial charge in [0.25, 0.3) is 5.91 Å². The number of rotatable bonds is 10. The van der Waals surface area contributed by atoms with E-state index in [4.69, 9.17) is 9.47 Å². The molecule has 1 amide bonds. The van der Waals surface area contributed by atoms with E-state index in [1.807, 2.05) is 24.3 Å². The summed E-state index contributed by atoms with van der Waals surface area (Å²) in [7, 11) is -0.593. The number of nitrogens with one attached hydrogen (secondary N) is 2. The molecule has 0 heterocycles. The SMILES string of the molecule is COCCNS(=O)(=O)c1ccc(C)c(C(=O)NCCc2ccc(OC)cc2)c1. The van der Waals surface area contributed by atoms with Crippen molar-refractivity contribution in [3.63, 3.8) is 0 Å². The van der Waals surface area contributed by atoms with Crippen molar-refractivity contribution in [3.8, 4) is 5.75 Å². The summed E-state index contributed by atoms with van der Waals surface area (Å²) in [6.07, 6.45) is 0.658. The van der Waals surface area contributed by atoms with E-state index in [2.05, 4.69) is 10.0 Å². The van der Waals surface area contributed by atoms with Gasteiger partial charge >= 0.3 is 0 Å². The highest BCUT2D eigenvalue weighted by Crippen LogP contribution is 2.16. The average molecular weight is 407 g/mol. The smallest absolute Gasteiger partial charge is 0.251 e. The number of benzene rings is 2. The second-order valence-corrected chi connectivity index (χ2v) is 7.99. The molecule has 0 unspecified atom stereocenters. The highest BCUT2D eigenvalue weighted by atomic mass is 32.2. The molecule has 2 N–H and O–H groups in total. The molecule has 28 heavy (non-hydrogen) atoms. The minimum atomic E-state index is -3.70. The van der Waals surface area contributed by atoms with Crippen LogP contribution in [0, 0.1) is 6.92 Å². The van der Waals surface area contributed by atoms with E-state index in [0.717, 1.165) is 11.3 Å². The summed E-state index contributed by atoms with van der Waals surface area (Å²) in [6, 6.07) is 12.1. The van der Waals surface area contributed by atoms with Crippen molar-refractivity contribution < 1.29 is 22.7 Å². The number of aryl methyl sites for hydroxylation is 1. The Morgan fingerprint density at radius 2 is 1.75 bits per heavy atom. The number of carbonyl (C=O) groups excluding carboxylic acids is 1. The fourth-order valence-corrected chi connectivity index (χ4v) is 3.62. The molecule has 0 aliphatic heterocycles. The zero-order valence-corrected chi connectivity index (χ0v) is 17.1. The van der Waals surface area contributed by atoms with Crippen LogP contribution in [0.25, 0.3) is 0 Å². The van der Waals surface area contributed by atoms with Crippen molar-refractivity contribution in [2.45, 2.75) is 18.2 Å². The van der Waals surface area contributed by atoms with Gasteiger partial charge in [0.15, 0.2) is 0 Å². The summed E-state index contributed by atoms with van der Waals surface area (Å²) in [5.41, 5.74) is 2.11. The molecule has 7 nitrogen and oxygen atoms in total. The number of sulfonamides is 1. The maximum Gasteiger partial charge on any atom is 0.251 e. The van der Waals surface area contributed by atoms with E-state index in [9.17, 15) is 13.2 Å². The highest BCUT2D eigenvalue weighted by Gasteiger charge is 2.17. The Balaban J connectivity index is 2.01. The zero-order valence-electron chi connectivity index (χ0n) is 16.3. The summed E-state index contributed by atoms with van der Waals surface area (Å²) in [5.74, 6) is 0.473. The van der Waals surface area contributed by atoms with Gasteiger partial charge in [0, 0.05) is 25.8 Å². The second kappa shape index (κ2) is 10.2. The third kappa shape index (κ3) is 6.05. The lowest BCUT2D eigenvalue weighted by molar-refractivity contribution is 0.0953. The van der Waals surface area contributed by atoms with Crippen LogP contribution in [0.4, 0.5) is 0 Å². The first-order valence-electron chi connectivity index (χ1n) is 8.88. The van der Waals surface area contributed by atoms with Crippen LogP contribution in [0.15, 0.2) is 47.4 Å². The number of methoxy groups -OCH3 is 2. The second-order valence-electron chi connectivity index (χ2n) is 6.22. The van der Waals surface area contributed by atoms with Gasteiger partial charge in [-0.2, -0.15) is 0 Å². The zero-order chi connectivity index (χ0) is 20.6. The fourth-order valence-electron chi connectivity index (χ4n) is 2.58. The van der Waals surface area contributed by atoms with Crippen molar-refractivity contribution in [1.82, 2.24) is 10.0 Å². The number of carbonyl (C=O) groups is 1. The first-order valence-corrected chi connectivity index (χ1v) is 10.4. The Hall–Kier alpha value is -2.42. The number of amides is 1. The largest absolute Gasteiger partial charge is 0.497 e. The van der Waals surface area contributed by atoms with Gasteiger partial charge in [-0.1, -0.05) is 18.2 Å².